The first-order valence-electron chi connectivity index (χ1n) is 12.9. The zero-order chi connectivity index (χ0) is 22.3. The molecule has 1 aromatic carbocycles. The lowest BCUT2D eigenvalue weighted by Gasteiger charge is -2.38. The van der Waals surface area contributed by atoms with Crippen LogP contribution in [0.1, 0.15) is 108 Å². The van der Waals surface area contributed by atoms with Gasteiger partial charge in [0.05, 0.1) is 4.90 Å². The van der Waals surface area contributed by atoms with Crippen molar-refractivity contribution in [2.24, 2.45) is 23.7 Å². The van der Waals surface area contributed by atoms with Crippen molar-refractivity contribution >= 4 is 10.1 Å². The van der Waals surface area contributed by atoms with Crippen molar-refractivity contribution < 1.29 is 13.0 Å². The standard InChI is InChI=1S/C27H44O3S/c1-3-4-5-7-22-11-15-24(16-12-22)25-17-13-23(14-18-25)8-6-9-26-20-27(31(28,29)30)19-10-21(26)2/h10,19-20,22-25H,3-9,11-18H2,1-2H3,(H,28,29,30)/t22-,23?,24-,25?. The van der Waals surface area contributed by atoms with Crippen molar-refractivity contribution in [2.75, 3.05) is 0 Å². The average molecular weight is 449 g/mol. The Hall–Kier alpha value is -0.870. The number of benzene rings is 1. The van der Waals surface area contributed by atoms with Gasteiger partial charge in [0.1, 0.15) is 0 Å². The van der Waals surface area contributed by atoms with Crippen LogP contribution in [-0.4, -0.2) is 13.0 Å². The Bertz CT molecular complexity index is 770. The van der Waals surface area contributed by atoms with E-state index in [1.807, 2.05) is 13.0 Å². The lowest BCUT2D eigenvalue weighted by atomic mass is 9.68. The second-order valence-electron chi connectivity index (χ2n) is 10.5. The molecule has 2 aliphatic rings. The van der Waals surface area contributed by atoms with E-state index in [1.165, 1.54) is 89.5 Å². The summed E-state index contributed by atoms with van der Waals surface area (Å²) in [5.74, 6) is 3.82. The molecule has 0 spiro atoms. The molecular formula is C27H44O3S. The molecule has 3 nitrogen and oxygen atoms in total. The molecule has 0 unspecified atom stereocenters. The third-order valence-electron chi connectivity index (χ3n) is 8.34. The summed E-state index contributed by atoms with van der Waals surface area (Å²) in [4.78, 5) is 0.0219. The smallest absolute Gasteiger partial charge is 0.282 e. The van der Waals surface area contributed by atoms with E-state index in [0.717, 1.165) is 47.6 Å². The van der Waals surface area contributed by atoms with Gasteiger partial charge in [0, 0.05) is 0 Å². The number of hydrogen-bond donors (Lipinski definition) is 1. The molecule has 0 atom stereocenters. The molecule has 0 aromatic heterocycles. The highest BCUT2D eigenvalue weighted by Gasteiger charge is 2.30. The van der Waals surface area contributed by atoms with E-state index in [9.17, 15) is 13.0 Å². The lowest BCUT2D eigenvalue weighted by Crippen LogP contribution is -2.26. The van der Waals surface area contributed by atoms with E-state index in [0.29, 0.717) is 0 Å². The van der Waals surface area contributed by atoms with E-state index < -0.39 is 10.1 Å². The summed E-state index contributed by atoms with van der Waals surface area (Å²) in [6.07, 6.45) is 20.5. The maximum absolute atomic E-state index is 11.4. The van der Waals surface area contributed by atoms with E-state index in [1.54, 1.807) is 6.07 Å². The molecule has 31 heavy (non-hydrogen) atoms. The number of hydrogen-bond acceptors (Lipinski definition) is 2. The van der Waals surface area contributed by atoms with Crippen molar-refractivity contribution in [1.29, 1.82) is 0 Å². The highest BCUT2D eigenvalue weighted by molar-refractivity contribution is 7.85. The topological polar surface area (TPSA) is 54.4 Å². The number of unbranched alkanes of at least 4 members (excludes halogenated alkanes) is 2. The number of rotatable bonds is 10. The van der Waals surface area contributed by atoms with Crippen LogP contribution in [0.2, 0.25) is 0 Å². The molecule has 0 amide bonds. The third kappa shape index (κ3) is 7.60. The van der Waals surface area contributed by atoms with Gasteiger partial charge < -0.3 is 0 Å². The maximum atomic E-state index is 11.4. The van der Waals surface area contributed by atoms with Crippen LogP contribution in [0.25, 0.3) is 0 Å². The molecule has 3 rings (SSSR count). The quantitative estimate of drug-likeness (QED) is 0.294. The molecule has 4 heteroatoms. The normalized spacial score (nSPS) is 27.3. The van der Waals surface area contributed by atoms with Crippen molar-refractivity contribution in [3.63, 3.8) is 0 Å². The Kier molecular flexibility index (Phi) is 9.46. The van der Waals surface area contributed by atoms with Gasteiger partial charge in [-0.05, 0) is 92.4 Å². The lowest BCUT2D eigenvalue weighted by molar-refractivity contribution is 0.140. The van der Waals surface area contributed by atoms with Gasteiger partial charge in [-0.2, -0.15) is 8.42 Å². The molecule has 0 bridgehead atoms. The molecule has 2 aliphatic carbocycles. The van der Waals surface area contributed by atoms with Crippen LogP contribution in [0.3, 0.4) is 0 Å². The minimum Gasteiger partial charge on any atom is -0.282 e. The summed E-state index contributed by atoms with van der Waals surface area (Å²) in [6.45, 7) is 4.32. The maximum Gasteiger partial charge on any atom is 0.294 e. The van der Waals surface area contributed by atoms with Gasteiger partial charge in [0.25, 0.3) is 10.1 Å². The highest BCUT2D eigenvalue weighted by Crippen LogP contribution is 2.43. The molecule has 0 saturated heterocycles. The highest BCUT2D eigenvalue weighted by atomic mass is 32.2. The van der Waals surface area contributed by atoms with Gasteiger partial charge in [-0.15, -0.1) is 0 Å². The van der Waals surface area contributed by atoms with Crippen LogP contribution in [0.4, 0.5) is 0 Å². The van der Waals surface area contributed by atoms with Gasteiger partial charge in [0.2, 0.25) is 0 Å². The molecule has 0 aliphatic heterocycles. The van der Waals surface area contributed by atoms with Gasteiger partial charge in [-0.25, -0.2) is 0 Å². The fourth-order valence-electron chi connectivity index (χ4n) is 6.24. The summed E-state index contributed by atoms with van der Waals surface area (Å²) < 4.78 is 32.1. The minimum atomic E-state index is -4.11. The Morgan fingerprint density at radius 2 is 1.39 bits per heavy atom. The van der Waals surface area contributed by atoms with E-state index in [2.05, 4.69) is 6.92 Å². The summed E-state index contributed by atoms with van der Waals surface area (Å²) >= 11 is 0. The van der Waals surface area contributed by atoms with Gasteiger partial charge >= 0.3 is 0 Å². The van der Waals surface area contributed by atoms with Crippen molar-refractivity contribution in [2.45, 2.75) is 115 Å². The summed E-state index contributed by atoms with van der Waals surface area (Å²) in [5, 5.41) is 0. The zero-order valence-corrected chi connectivity index (χ0v) is 20.6. The van der Waals surface area contributed by atoms with Crippen LogP contribution < -0.4 is 0 Å². The monoisotopic (exact) mass is 448 g/mol. The molecule has 1 N–H and O–H groups in total. The summed E-state index contributed by atoms with van der Waals surface area (Å²) in [7, 11) is -4.11. The van der Waals surface area contributed by atoms with E-state index >= 15 is 0 Å². The van der Waals surface area contributed by atoms with Gasteiger partial charge in [-0.1, -0.05) is 70.8 Å². The molecule has 176 valence electrons. The fourth-order valence-corrected chi connectivity index (χ4v) is 6.77. The third-order valence-corrected chi connectivity index (χ3v) is 9.19. The van der Waals surface area contributed by atoms with Gasteiger partial charge in [-0.3, -0.25) is 4.55 Å². The average Bonchev–Trinajstić information content (AvgIpc) is 2.75. The van der Waals surface area contributed by atoms with Crippen LogP contribution in [0, 0.1) is 30.6 Å². The first-order chi connectivity index (χ1) is 14.9. The molecule has 1 aromatic rings. The molecule has 2 fully saturated rings. The number of aryl methyl sites for hydroxylation is 2. The van der Waals surface area contributed by atoms with Gasteiger partial charge in [0.15, 0.2) is 0 Å². The Morgan fingerprint density at radius 3 is 1.90 bits per heavy atom. The van der Waals surface area contributed by atoms with Crippen molar-refractivity contribution in [1.82, 2.24) is 0 Å². The van der Waals surface area contributed by atoms with Crippen molar-refractivity contribution in [3.8, 4) is 0 Å². The summed E-state index contributed by atoms with van der Waals surface area (Å²) in [5.41, 5.74) is 2.17. The SMILES string of the molecule is CCCCC[C@H]1CC[C@H](C2CCC(CCCc3cc(S(=O)(=O)O)ccc3C)CC2)CC1. The first-order valence-corrected chi connectivity index (χ1v) is 14.4. The zero-order valence-electron chi connectivity index (χ0n) is 19.8. The predicted octanol–water partition coefficient (Wildman–Crippen LogP) is 7.76. The minimum absolute atomic E-state index is 0.0219. The molecule has 0 heterocycles. The molecule has 0 radical (unpaired) electrons. The first kappa shape index (κ1) is 24.8. The second kappa shape index (κ2) is 11.8. The van der Waals surface area contributed by atoms with Crippen LogP contribution in [0.15, 0.2) is 23.1 Å². The Morgan fingerprint density at radius 1 is 0.839 bits per heavy atom. The fraction of sp³-hybridized carbons (Fsp3) is 0.778. The summed E-state index contributed by atoms with van der Waals surface area (Å²) in [6, 6.07) is 4.95. The Labute approximate surface area is 191 Å². The van der Waals surface area contributed by atoms with Crippen LogP contribution in [0.5, 0.6) is 0 Å². The molecule has 2 saturated carbocycles. The Balaban J connectivity index is 1.36. The predicted molar refractivity (Wildman–Crippen MR) is 129 cm³/mol. The van der Waals surface area contributed by atoms with Crippen LogP contribution in [-0.2, 0) is 16.5 Å². The molecular weight excluding hydrogens is 404 g/mol. The second-order valence-corrected chi connectivity index (χ2v) is 11.9. The van der Waals surface area contributed by atoms with Crippen molar-refractivity contribution in [3.05, 3.63) is 29.3 Å². The van der Waals surface area contributed by atoms with E-state index in [4.69, 9.17) is 0 Å². The largest absolute Gasteiger partial charge is 0.294 e. The van der Waals surface area contributed by atoms with Crippen LogP contribution >= 0.6 is 0 Å². The van der Waals surface area contributed by atoms with E-state index in [-0.39, 0.29) is 4.90 Å².